The van der Waals surface area contributed by atoms with Crippen LogP contribution in [-0.4, -0.2) is 49.8 Å². The highest BCUT2D eigenvalue weighted by molar-refractivity contribution is 6.00. The molecule has 1 fully saturated rings. The molecule has 3 aromatic rings. The number of benzene rings is 1. The Hall–Kier alpha value is -3.64. The van der Waals surface area contributed by atoms with E-state index in [2.05, 4.69) is 20.1 Å². The average Bonchev–Trinajstić information content (AvgIpc) is 3.02. The first kappa shape index (κ1) is 17.8. The molecule has 0 bridgehead atoms. The molecular weight excluding hydrogens is 360 g/mol. The lowest BCUT2D eigenvalue weighted by Crippen LogP contribution is -2.54. The summed E-state index contributed by atoms with van der Waals surface area (Å²) in [6.07, 6.45) is 2.70. The maximum atomic E-state index is 12.4. The van der Waals surface area contributed by atoms with E-state index >= 15 is 0 Å². The second-order valence-electron chi connectivity index (χ2n) is 6.70. The van der Waals surface area contributed by atoms with Crippen LogP contribution in [0, 0.1) is 13.5 Å². The van der Waals surface area contributed by atoms with Crippen molar-refractivity contribution >= 4 is 28.6 Å². The number of carbonyl (C=O) groups is 1. The minimum atomic E-state index is -0.468. The monoisotopic (exact) mass is 378 g/mol. The summed E-state index contributed by atoms with van der Waals surface area (Å²) in [5.41, 5.74) is 2.73. The summed E-state index contributed by atoms with van der Waals surface area (Å²) in [5.74, 6) is 1.34. The predicted molar refractivity (Wildman–Crippen MR) is 103 cm³/mol. The van der Waals surface area contributed by atoms with Crippen molar-refractivity contribution in [2.24, 2.45) is 7.05 Å². The zero-order valence-electron chi connectivity index (χ0n) is 15.4. The van der Waals surface area contributed by atoms with Crippen molar-refractivity contribution in [2.45, 2.75) is 13.0 Å². The van der Waals surface area contributed by atoms with Gasteiger partial charge in [0.25, 0.3) is 5.82 Å². The van der Waals surface area contributed by atoms with E-state index in [4.69, 9.17) is 11.3 Å². The van der Waals surface area contributed by atoms with E-state index in [-0.39, 0.29) is 6.03 Å². The summed E-state index contributed by atoms with van der Waals surface area (Å²) < 4.78 is 7.80. The number of imidazole rings is 1. The van der Waals surface area contributed by atoms with Gasteiger partial charge < -0.3 is 29.5 Å². The highest BCUT2D eigenvalue weighted by atomic mass is 16.5. The number of rotatable bonds is 3. The van der Waals surface area contributed by atoms with Crippen LogP contribution in [-0.2, 0) is 7.05 Å². The Kier molecular flexibility index (Phi) is 4.33. The van der Waals surface area contributed by atoms with Crippen LogP contribution in [0.4, 0.5) is 16.3 Å². The summed E-state index contributed by atoms with van der Waals surface area (Å²) in [4.78, 5) is 25.6. The van der Waals surface area contributed by atoms with Gasteiger partial charge in [0.2, 0.25) is 0 Å². The smallest absolute Gasteiger partial charge is 0.322 e. The van der Waals surface area contributed by atoms with Gasteiger partial charge in [-0.05, 0) is 18.6 Å². The summed E-state index contributed by atoms with van der Waals surface area (Å²) in [6.45, 7) is 9.50. The minimum Gasteiger partial charge on any atom is -0.453 e. The Balaban J connectivity index is 1.66. The fourth-order valence-electron chi connectivity index (χ4n) is 3.00. The molecule has 1 aliphatic heterocycles. The van der Waals surface area contributed by atoms with Crippen molar-refractivity contribution < 1.29 is 14.6 Å². The molecule has 0 atom stereocenters. The number of aliphatic hydroxyl groups is 1. The molecular formula is C19H18N6O3. The van der Waals surface area contributed by atoms with E-state index in [0.29, 0.717) is 41.6 Å². The van der Waals surface area contributed by atoms with Crippen molar-refractivity contribution in [2.75, 3.05) is 18.4 Å². The molecule has 1 aromatic carbocycles. The van der Waals surface area contributed by atoms with E-state index in [1.54, 1.807) is 18.5 Å². The summed E-state index contributed by atoms with van der Waals surface area (Å²) >= 11 is 0. The molecule has 2 amide bonds. The van der Waals surface area contributed by atoms with Gasteiger partial charge in [-0.25, -0.2) is 9.78 Å². The lowest BCUT2D eigenvalue weighted by molar-refractivity contribution is 0.0309. The van der Waals surface area contributed by atoms with Crippen LogP contribution in [0.3, 0.4) is 0 Å². The first-order valence-corrected chi connectivity index (χ1v) is 8.65. The van der Waals surface area contributed by atoms with Gasteiger partial charge in [0.15, 0.2) is 11.9 Å². The Morgan fingerprint density at radius 1 is 1.36 bits per heavy atom. The number of anilines is 1. The molecule has 4 rings (SSSR count). The van der Waals surface area contributed by atoms with Crippen LogP contribution in [0.1, 0.15) is 5.56 Å². The maximum Gasteiger partial charge on any atom is 0.322 e. The van der Waals surface area contributed by atoms with Crippen molar-refractivity contribution in [1.82, 2.24) is 19.4 Å². The fraction of sp³-hybridized carbons (Fsp3) is 0.263. The number of aryl methyl sites for hydroxylation is 2. The zero-order chi connectivity index (χ0) is 19.8. The molecule has 1 aliphatic rings. The average molecular weight is 378 g/mol. The zero-order valence-corrected chi connectivity index (χ0v) is 15.4. The normalized spacial score (nSPS) is 13.9. The first-order chi connectivity index (χ1) is 13.4. The van der Waals surface area contributed by atoms with Crippen LogP contribution >= 0.6 is 0 Å². The number of amides is 2. The van der Waals surface area contributed by atoms with E-state index in [0.717, 1.165) is 11.1 Å². The first-order valence-electron chi connectivity index (χ1n) is 8.65. The molecule has 3 heterocycles. The molecule has 9 nitrogen and oxygen atoms in total. The number of aliphatic hydroxyl groups excluding tert-OH is 1. The SMILES string of the molecule is [C-]#[N+]c1cc(C)c(Oc2cc(NC(=O)N3CC(O)C3)c3ncn(C)c3c2)cn1. The molecule has 0 radical (unpaired) electrons. The van der Waals surface area contributed by atoms with Gasteiger partial charge in [-0.15, -0.1) is 4.98 Å². The summed E-state index contributed by atoms with van der Waals surface area (Å²) in [5, 5.41) is 12.2. The van der Waals surface area contributed by atoms with Crippen molar-refractivity contribution in [3.63, 3.8) is 0 Å². The van der Waals surface area contributed by atoms with Gasteiger partial charge in [0.1, 0.15) is 11.3 Å². The predicted octanol–water partition coefficient (Wildman–Crippen LogP) is 2.83. The third-order valence-electron chi connectivity index (χ3n) is 4.59. The Labute approximate surface area is 161 Å². The number of ether oxygens (including phenoxy) is 1. The van der Waals surface area contributed by atoms with Crippen LogP contribution < -0.4 is 10.1 Å². The highest BCUT2D eigenvalue weighted by Gasteiger charge is 2.29. The van der Waals surface area contributed by atoms with Crippen molar-refractivity contribution in [1.29, 1.82) is 0 Å². The maximum absolute atomic E-state index is 12.4. The van der Waals surface area contributed by atoms with Crippen molar-refractivity contribution in [3.05, 3.63) is 47.7 Å². The molecule has 2 aromatic heterocycles. The quantitative estimate of drug-likeness (QED) is 0.683. The third-order valence-corrected chi connectivity index (χ3v) is 4.59. The minimum absolute atomic E-state index is 0.298. The topological polar surface area (TPSA) is 96.9 Å². The van der Waals surface area contributed by atoms with E-state index in [1.807, 2.05) is 24.6 Å². The summed E-state index contributed by atoms with van der Waals surface area (Å²) in [7, 11) is 1.86. The van der Waals surface area contributed by atoms with E-state index in [1.165, 1.54) is 11.1 Å². The Morgan fingerprint density at radius 2 is 2.14 bits per heavy atom. The Morgan fingerprint density at radius 3 is 2.82 bits per heavy atom. The lowest BCUT2D eigenvalue weighted by atomic mass is 10.2. The standard InChI is InChI=1S/C19H18N6O3/c1-11-4-17(20-2)21-7-16(11)28-13-5-14(18-15(6-13)24(3)10-22-18)23-19(27)25-8-12(26)9-25/h4-7,10,12,26H,8-9H2,1,3H3,(H,23,27). The second kappa shape index (κ2) is 6.83. The van der Waals surface area contributed by atoms with Gasteiger partial charge in [-0.1, -0.05) is 6.57 Å². The number of β-amino-alcohol motifs (C(OH)–C–C–N with tert-alkyl or cyclic N) is 1. The number of hydrogen-bond donors (Lipinski definition) is 2. The number of aromatic nitrogens is 3. The molecule has 28 heavy (non-hydrogen) atoms. The molecule has 1 saturated heterocycles. The number of fused-ring (bicyclic) bond motifs is 1. The number of nitrogens with one attached hydrogen (secondary N) is 1. The van der Waals surface area contributed by atoms with E-state index < -0.39 is 6.10 Å². The van der Waals surface area contributed by atoms with Gasteiger partial charge in [-0.2, -0.15) is 0 Å². The largest absolute Gasteiger partial charge is 0.453 e. The third kappa shape index (κ3) is 3.21. The molecule has 0 saturated carbocycles. The Bertz CT molecular complexity index is 1110. The molecule has 142 valence electrons. The van der Waals surface area contributed by atoms with E-state index in [9.17, 15) is 9.90 Å². The molecule has 0 aliphatic carbocycles. The van der Waals surface area contributed by atoms with Crippen LogP contribution in [0.2, 0.25) is 0 Å². The number of likely N-dealkylation sites (tertiary alicyclic amines) is 1. The molecule has 2 N–H and O–H groups in total. The molecule has 0 unspecified atom stereocenters. The summed E-state index contributed by atoms with van der Waals surface area (Å²) in [6, 6.07) is 4.89. The number of urea groups is 1. The number of carbonyl (C=O) groups excluding carboxylic acids is 1. The van der Waals surface area contributed by atoms with Gasteiger partial charge in [0.05, 0.1) is 36.7 Å². The molecule has 9 heteroatoms. The van der Waals surface area contributed by atoms with Crippen LogP contribution in [0.25, 0.3) is 15.9 Å². The fourth-order valence-corrected chi connectivity index (χ4v) is 3.00. The van der Waals surface area contributed by atoms with Crippen molar-refractivity contribution in [3.8, 4) is 11.5 Å². The highest BCUT2D eigenvalue weighted by Crippen LogP contribution is 2.33. The lowest BCUT2D eigenvalue weighted by Gasteiger charge is -2.35. The number of nitrogens with zero attached hydrogens (tertiary/aromatic N) is 5. The van der Waals surface area contributed by atoms with Crippen LogP contribution in [0.5, 0.6) is 11.5 Å². The molecule has 0 spiro atoms. The second-order valence-corrected chi connectivity index (χ2v) is 6.70. The number of pyridine rings is 1. The number of hydrogen-bond acceptors (Lipinski definition) is 5. The van der Waals surface area contributed by atoms with Crippen LogP contribution in [0.15, 0.2) is 30.7 Å². The van der Waals surface area contributed by atoms with Gasteiger partial charge in [-0.3, -0.25) is 0 Å². The van der Waals surface area contributed by atoms with Gasteiger partial charge >= 0.3 is 6.03 Å². The van der Waals surface area contributed by atoms with Gasteiger partial charge in [0, 0.05) is 19.2 Å².